The minimum atomic E-state index is -1.48. The van der Waals surface area contributed by atoms with Crippen molar-refractivity contribution in [2.75, 3.05) is 20.1 Å². The lowest BCUT2D eigenvalue weighted by molar-refractivity contribution is -0.926. The molecule has 17 heavy (non-hydrogen) atoms. The molecule has 1 saturated heterocycles. The predicted octanol–water partition coefficient (Wildman–Crippen LogP) is -0.538. The highest BCUT2D eigenvalue weighted by molar-refractivity contribution is 6.30. The monoisotopic (exact) mass is 262 g/mol. The van der Waals surface area contributed by atoms with Gasteiger partial charge in [-0.05, 0) is 0 Å². The van der Waals surface area contributed by atoms with Crippen LogP contribution in [0.2, 0.25) is 0 Å². The summed E-state index contributed by atoms with van der Waals surface area (Å²) in [5.74, 6) is 0. The van der Waals surface area contributed by atoms with Gasteiger partial charge >= 0.3 is 5.54 Å². The number of quaternary nitrogens is 1. The number of likely N-dealkylation sites (N-methyl/N-ethyl adjacent to an activating group) is 1. The number of hydrogen-bond donors (Lipinski definition) is 1. The maximum atomic E-state index is 11.3. The van der Waals surface area contributed by atoms with Gasteiger partial charge in [0.25, 0.3) is 5.54 Å². The fourth-order valence-corrected chi connectivity index (χ4v) is 3.28. The van der Waals surface area contributed by atoms with E-state index in [0.29, 0.717) is 6.54 Å². The highest BCUT2D eigenvalue weighted by Crippen LogP contribution is 2.41. The zero-order chi connectivity index (χ0) is 12.8. The van der Waals surface area contributed by atoms with Crippen LogP contribution in [0.3, 0.4) is 0 Å². The molecule has 0 amide bonds. The first kappa shape index (κ1) is 12.3. The first-order valence-electron chi connectivity index (χ1n) is 5.29. The molecule has 1 heterocycles. The fourth-order valence-electron chi connectivity index (χ4n) is 3.00. The molecule has 2 aliphatic rings. The third-order valence-electron chi connectivity index (χ3n) is 3.69. The van der Waals surface area contributed by atoms with Crippen LogP contribution in [0.5, 0.6) is 0 Å². The minimum Gasteiger partial charge on any atom is -0.325 e. The van der Waals surface area contributed by atoms with E-state index in [1.807, 2.05) is 0 Å². The Kier molecular flexibility index (Phi) is 2.62. The molecule has 7 nitrogen and oxygen atoms in total. The van der Waals surface area contributed by atoms with Crippen LogP contribution in [-0.4, -0.2) is 41.1 Å². The fraction of sp³-hybridized carbons (Fsp3) is 0.778. The van der Waals surface area contributed by atoms with Crippen molar-refractivity contribution in [2.45, 2.75) is 23.9 Å². The van der Waals surface area contributed by atoms with Gasteiger partial charge in [-0.3, -0.25) is 20.2 Å². The Morgan fingerprint density at radius 3 is 2.53 bits per heavy atom. The quantitative estimate of drug-likeness (QED) is 0.535. The van der Waals surface area contributed by atoms with Crippen LogP contribution in [0.4, 0.5) is 0 Å². The summed E-state index contributed by atoms with van der Waals surface area (Å²) < 4.78 is 0. The molecule has 0 radical (unpaired) electrons. The first-order chi connectivity index (χ1) is 7.82. The Morgan fingerprint density at radius 2 is 2.00 bits per heavy atom. The van der Waals surface area contributed by atoms with E-state index in [9.17, 15) is 20.2 Å². The van der Waals surface area contributed by atoms with Gasteiger partial charge in [0.1, 0.15) is 13.0 Å². The number of likely N-dealkylation sites (tertiary alicyclic amines) is 1. The van der Waals surface area contributed by atoms with E-state index in [-0.39, 0.29) is 29.3 Å². The number of piperidine rings is 1. The van der Waals surface area contributed by atoms with Crippen LogP contribution in [0.1, 0.15) is 12.8 Å². The van der Waals surface area contributed by atoms with Crippen LogP contribution in [-0.2, 0) is 0 Å². The van der Waals surface area contributed by atoms with E-state index >= 15 is 0 Å². The molecule has 1 unspecified atom stereocenters. The molecule has 0 aromatic heterocycles. The van der Waals surface area contributed by atoms with Gasteiger partial charge < -0.3 is 4.90 Å². The van der Waals surface area contributed by atoms with E-state index in [4.69, 9.17) is 11.6 Å². The van der Waals surface area contributed by atoms with Crippen molar-refractivity contribution in [3.8, 4) is 0 Å². The maximum Gasteiger partial charge on any atom is 0.311 e. The van der Waals surface area contributed by atoms with Gasteiger partial charge in [-0.15, -0.1) is 0 Å². The second kappa shape index (κ2) is 3.64. The Bertz CT molecular complexity index is 426. The van der Waals surface area contributed by atoms with Crippen LogP contribution < -0.4 is 4.90 Å². The van der Waals surface area contributed by atoms with Crippen LogP contribution >= 0.6 is 11.6 Å². The molecule has 94 valence electrons. The lowest BCUT2D eigenvalue weighted by Gasteiger charge is -2.41. The summed E-state index contributed by atoms with van der Waals surface area (Å²) in [4.78, 5) is 22.4. The van der Waals surface area contributed by atoms with Gasteiger partial charge in [-0.2, -0.15) is 0 Å². The molecule has 1 aliphatic carbocycles. The molecular formula is C9H13ClN3O4+. The average Bonchev–Trinajstić information content (AvgIpc) is 2.23. The Balaban J connectivity index is 2.52. The number of hydrogen-bond acceptors (Lipinski definition) is 4. The van der Waals surface area contributed by atoms with Crippen molar-refractivity contribution in [1.29, 1.82) is 0 Å². The van der Waals surface area contributed by atoms with Gasteiger partial charge in [0.15, 0.2) is 6.54 Å². The Hall–Kier alpha value is -1.21. The van der Waals surface area contributed by atoms with Gasteiger partial charge in [0.05, 0.1) is 12.1 Å². The normalized spacial score (nSPS) is 40.6. The SMILES string of the molecule is C[NH+]1C[C@@]2([N+](=O)[O-])CC=C(Cl)[C@]([N+](=O)[O-])(C1)C2. The third-order valence-corrected chi connectivity index (χ3v) is 4.20. The van der Waals surface area contributed by atoms with Crippen molar-refractivity contribution >= 4 is 11.6 Å². The molecule has 0 spiro atoms. The topological polar surface area (TPSA) is 90.7 Å². The summed E-state index contributed by atoms with van der Waals surface area (Å²) in [5, 5.41) is 22.6. The second-order valence-electron chi connectivity index (χ2n) is 5.01. The predicted molar refractivity (Wildman–Crippen MR) is 59.2 cm³/mol. The smallest absolute Gasteiger partial charge is 0.311 e. The first-order valence-corrected chi connectivity index (χ1v) is 5.67. The Morgan fingerprint density at radius 1 is 1.35 bits per heavy atom. The minimum absolute atomic E-state index is 0.104. The Labute approximate surface area is 102 Å². The molecule has 0 aromatic carbocycles. The van der Waals surface area contributed by atoms with E-state index in [1.54, 1.807) is 7.05 Å². The molecule has 8 heteroatoms. The van der Waals surface area contributed by atoms with Crippen molar-refractivity contribution in [2.24, 2.45) is 0 Å². The zero-order valence-electron chi connectivity index (χ0n) is 9.31. The molecule has 2 bridgehead atoms. The second-order valence-corrected chi connectivity index (χ2v) is 5.42. The zero-order valence-corrected chi connectivity index (χ0v) is 10.1. The lowest BCUT2D eigenvalue weighted by Crippen LogP contribution is -3.15. The van der Waals surface area contributed by atoms with E-state index in [2.05, 4.69) is 0 Å². The summed E-state index contributed by atoms with van der Waals surface area (Å²) in [5.41, 5.74) is -2.72. The highest BCUT2D eigenvalue weighted by Gasteiger charge is 2.67. The van der Waals surface area contributed by atoms with E-state index in [0.717, 1.165) is 4.90 Å². The molecule has 0 saturated carbocycles. The van der Waals surface area contributed by atoms with E-state index in [1.165, 1.54) is 6.08 Å². The number of nitro groups is 2. The largest absolute Gasteiger partial charge is 0.325 e. The van der Waals surface area contributed by atoms with Crippen molar-refractivity contribution in [1.82, 2.24) is 0 Å². The van der Waals surface area contributed by atoms with Gasteiger partial charge in [-0.25, -0.2) is 0 Å². The molecule has 2 rings (SSSR count). The maximum absolute atomic E-state index is 11.3. The lowest BCUT2D eigenvalue weighted by atomic mass is 9.72. The van der Waals surface area contributed by atoms with Gasteiger partial charge in [0, 0.05) is 16.3 Å². The average molecular weight is 263 g/mol. The number of nitrogens with zero attached hydrogens (tertiary/aromatic N) is 2. The molecule has 1 aliphatic heterocycles. The molecule has 3 atom stereocenters. The summed E-state index contributed by atoms with van der Waals surface area (Å²) in [7, 11) is 1.73. The summed E-state index contributed by atoms with van der Waals surface area (Å²) in [6.07, 6.45) is 1.52. The number of rotatable bonds is 2. The molecule has 1 fully saturated rings. The van der Waals surface area contributed by atoms with Gasteiger partial charge in [-0.1, -0.05) is 17.7 Å². The standard InChI is InChI=1S/C9H12ClN3O4/c1-11-5-8(12(14)15)3-2-7(10)9(4-8,6-11)13(16)17/h2H,3-6H2,1H3/p+1/t8-,9-/m1/s1. The summed E-state index contributed by atoms with van der Waals surface area (Å²) in [6.45, 7) is 0.501. The third kappa shape index (κ3) is 1.61. The number of nitrogens with one attached hydrogen (secondary N) is 1. The highest BCUT2D eigenvalue weighted by atomic mass is 35.5. The van der Waals surface area contributed by atoms with Crippen molar-refractivity contribution < 1.29 is 14.7 Å². The molecular weight excluding hydrogens is 250 g/mol. The van der Waals surface area contributed by atoms with Crippen molar-refractivity contribution in [3.63, 3.8) is 0 Å². The summed E-state index contributed by atoms with van der Waals surface area (Å²) >= 11 is 5.95. The molecule has 1 N–H and O–H groups in total. The number of halogens is 1. The van der Waals surface area contributed by atoms with Gasteiger partial charge in [0.2, 0.25) is 0 Å². The van der Waals surface area contributed by atoms with Crippen LogP contribution in [0.15, 0.2) is 11.1 Å². The number of fused-ring (bicyclic) bond motifs is 2. The van der Waals surface area contributed by atoms with Crippen molar-refractivity contribution in [3.05, 3.63) is 31.3 Å². The summed E-state index contributed by atoms with van der Waals surface area (Å²) in [6, 6.07) is 0. The van der Waals surface area contributed by atoms with Crippen LogP contribution in [0, 0.1) is 20.2 Å². The van der Waals surface area contributed by atoms with Crippen LogP contribution in [0.25, 0.3) is 0 Å². The molecule has 0 aromatic rings. The van der Waals surface area contributed by atoms with E-state index < -0.39 is 16.0 Å².